The normalized spacial score (nSPS) is 11.8. The van der Waals surface area contributed by atoms with Crippen molar-refractivity contribution in [1.82, 2.24) is 19.5 Å². The molecular formula is C57H34N4O2. The van der Waals surface area contributed by atoms with E-state index >= 15 is 0 Å². The number of fused-ring (bicyclic) bond motifs is 9. The molecule has 294 valence electrons. The van der Waals surface area contributed by atoms with Crippen LogP contribution in [0.5, 0.6) is 0 Å². The minimum absolute atomic E-state index is 0.532. The zero-order valence-corrected chi connectivity index (χ0v) is 33.7. The van der Waals surface area contributed by atoms with Gasteiger partial charge in [0.2, 0.25) is 0 Å². The van der Waals surface area contributed by atoms with Gasteiger partial charge in [0.15, 0.2) is 17.5 Å². The maximum absolute atomic E-state index is 6.55. The number of para-hydroxylation sites is 4. The molecule has 0 spiro atoms. The predicted octanol–water partition coefficient (Wildman–Crippen LogP) is 15.1. The Morgan fingerprint density at radius 1 is 0.317 bits per heavy atom. The highest BCUT2D eigenvalue weighted by molar-refractivity contribution is 6.15. The number of rotatable bonds is 6. The van der Waals surface area contributed by atoms with Crippen LogP contribution in [0.4, 0.5) is 0 Å². The Bertz CT molecular complexity index is 3920. The maximum atomic E-state index is 6.55. The Balaban J connectivity index is 1.00. The molecule has 0 N–H and O–H groups in total. The molecule has 4 aromatic heterocycles. The van der Waals surface area contributed by atoms with Crippen LogP contribution in [0.2, 0.25) is 0 Å². The van der Waals surface area contributed by atoms with E-state index in [9.17, 15) is 0 Å². The van der Waals surface area contributed by atoms with E-state index in [1.807, 2.05) is 60.7 Å². The molecule has 0 aliphatic heterocycles. The fraction of sp³-hybridized carbons (Fsp3) is 0. The minimum atomic E-state index is 0.532. The standard InChI is InChI=1S/C57H34N4O2/c1-2-13-35(14-3-1)37-15-10-16-38(33-37)36-27-30-40(31-28-36)61-48-23-7-4-19-44(48)53-45(21-12-24-49(53)61)56-58-55(39-29-32-52-47(34-39)42-18-6-8-25-50(42)62-52)59-57(60-56)46-22-11-20-43-41-17-5-9-26-51(41)63-54(43)46/h1-34H. The third kappa shape index (κ3) is 5.69. The molecule has 0 fully saturated rings. The van der Waals surface area contributed by atoms with Crippen molar-refractivity contribution >= 4 is 65.7 Å². The van der Waals surface area contributed by atoms with Crippen molar-refractivity contribution < 1.29 is 8.83 Å². The van der Waals surface area contributed by atoms with Gasteiger partial charge in [0, 0.05) is 49.1 Å². The summed E-state index contributed by atoms with van der Waals surface area (Å²) in [6.07, 6.45) is 0. The second-order valence-electron chi connectivity index (χ2n) is 15.9. The first-order valence-corrected chi connectivity index (χ1v) is 21.1. The third-order valence-electron chi connectivity index (χ3n) is 12.3. The summed E-state index contributed by atoms with van der Waals surface area (Å²) in [5.74, 6) is 1.66. The first kappa shape index (κ1) is 35.2. The van der Waals surface area contributed by atoms with Crippen LogP contribution in [0.25, 0.3) is 128 Å². The highest BCUT2D eigenvalue weighted by Gasteiger charge is 2.22. The number of furan rings is 2. The van der Waals surface area contributed by atoms with E-state index in [4.69, 9.17) is 23.8 Å². The fourth-order valence-corrected chi connectivity index (χ4v) is 9.33. The van der Waals surface area contributed by atoms with Crippen LogP contribution in [0.3, 0.4) is 0 Å². The lowest BCUT2D eigenvalue weighted by Crippen LogP contribution is -2.01. The Morgan fingerprint density at radius 2 is 0.857 bits per heavy atom. The van der Waals surface area contributed by atoms with Crippen LogP contribution in [-0.4, -0.2) is 19.5 Å². The van der Waals surface area contributed by atoms with Crippen molar-refractivity contribution in [1.29, 1.82) is 0 Å². The molecule has 13 rings (SSSR count). The lowest BCUT2D eigenvalue weighted by molar-refractivity contribution is 0.669. The van der Waals surface area contributed by atoms with Gasteiger partial charge in [0.05, 0.1) is 16.6 Å². The lowest BCUT2D eigenvalue weighted by atomic mass is 9.99. The van der Waals surface area contributed by atoms with Gasteiger partial charge in [0.1, 0.15) is 22.3 Å². The van der Waals surface area contributed by atoms with Crippen LogP contribution >= 0.6 is 0 Å². The van der Waals surface area contributed by atoms with E-state index in [0.717, 1.165) is 93.6 Å². The summed E-state index contributed by atoms with van der Waals surface area (Å²) < 4.78 is 15.1. The van der Waals surface area contributed by atoms with Crippen molar-refractivity contribution in [2.24, 2.45) is 0 Å². The molecule has 9 aromatic carbocycles. The highest BCUT2D eigenvalue weighted by Crippen LogP contribution is 2.41. The van der Waals surface area contributed by atoms with Crippen molar-refractivity contribution in [2.75, 3.05) is 0 Å². The van der Waals surface area contributed by atoms with E-state index in [0.29, 0.717) is 17.5 Å². The van der Waals surface area contributed by atoms with Crippen molar-refractivity contribution in [3.63, 3.8) is 0 Å². The van der Waals surface area contributed by atoms with Crippen LogP contribution in [-0.2, 0) is 0 Å². The monoisotopic (exact) mass is 806 g/mol. The van der Waals surface area contributed by atoms with E-state index < -0.39 is 0 Å². The first-order chi connectivity index (χ1) is 31.2. The molecule has 0 aliphatic carbocycles. The van der Waals surface area contributed by atoms with E-state index in [1.54, 1.807) is 0 Å². The van der Waals surface area contributed by atoms with Crippen molar-refractivity contribution in [2.45, 2.75) is 0 Å². The summed E-state index contributed by atoms with van der Waals surface area (Å²) in [6.45, 7) is 0. The number of benzene rings is 9. The van der Waals surface area contributed by atoms with E-state index in [1.165, 1.54) is 16.7 Å². The number of aromatic nitrogens is 4. The van der Waals surface area contributed by atoms with Gasteiger partial charge in [-0.2, -0.15) is 0 Å². The van der Waals surface area contributed by atoms with Gasteiger partial charge in [-0.3, -0.25) is 0 Å². The van der Waals surface area contributed by atoms with Crippen LogP contribution < -0.4 is 0 Å². The Labute approximate surface area is 361 Å². The highest BCUT2D eigenvalue weighted by atomic mass is 16.3. The molecule has 0 amide bonds. The lowest BCUT2D eigenvalue weighted by Gasteiger charge is -2.11. The van der Waals surface area contributed by atoms with Gasteiger partial charge < -0.3 is 13.4 Å². The largest absolute Gasteiger partial charge is 0.456 e. The summed E-state index contributed by atoms with van der Waals surface area (Å²) >= 11 is 0. The average molecular weight is 807 g/mol. The summed E-state index contributed by atoms with van der Waals surface area (Å²) in [4.78, 5) is 15.9. The van der Waals surface area contributed by atoms with Gasteiger partial charge in [-0.1, -0.05) is 140 Å². The molecular weight excluding hydrogens is 773 g/mol. The average Bonchev–Trinajstić information content (AvgIpc) is 4.04. The zero-order valence-electron chi connectivity index (χ0n) is 33.7. The zero-order chi connectivity index (χ0) is 41.4. The smallest absolute Gasteiger partial charge is 0.167 e. The molecule has 0 unspecified atom stereocenters. The molecule has 6 nitrogen and oxygen atoms in total. The van der Waals surface area contributed by atoms with Crippen LogP contribution in [0.15, 0.2) is 215 Å². The number of hydrogen-bond donors (Lipinski definition) is 0. The second-order valence-corrected chi connectivity index (χ2v) is 15.9. The molecule has 13 aromatic rings. The van der Waals surface area contributed by atoms with Crippen LogP contribution in [0, 0.1) is 0 Å². The molecule has 4 heterocycles. The Kier molecular flexibility index (Phi) is 7.80. The molecule has 0 atom stereocenters. The van der Waals surface area contributed by atoms with Gasteiger partial charge in [-0.15, -0.1) is 0 Å². The molecule has 0 aliphatic rings. The SMILES string of the molecule is c1ccc(-c2cccc(-c3ccc(-n4c5ccccc5c5c(-c6nc(-c7ccc8oc9ccccc9c8c7)nc(-c7cccc8c7oc7ccccc78)n6)cccc54)cc3)c2)cc1. The minimum Gasteiger partial charge on any atom is -0.456 e. The van der Waals surface area contributed by atoms with Gasteiger partial charge >= 0.3 is 0 Å². The summed E-state index contributed by atoms with van der Waals surface area (Å²) in [5.41, 5.74) is 13.7. The predicted molar refractivity (Wildman–Crippen MR) is 256 cm³/mol. The van der Waals surface area contributed by atoms with E-state index in [2.05, 4.69) is 150 Å². The van der Waals surface area contributed by atoms with E-state index in [-0.39, 0.29) is 0 Å². The summed E-state index contributed by atoms with van der Waals surface area (Å²) in [6, 6.07) is 71.7. The maximum Gasteiger partial charge on any atom is 0.167 e. The van der Waals surface area contributed by atoms with Gasteiger partial charge in [0.25, 0.3) is 0 Å². The number of nitrogens with zero attached hydrogens (tertiary/aromatic N) is 4. The van der Waals surface area contributed by atoms with Gasteiger partial charge in [-0.05, 0) is 89.0 Å². The van der Waals surface area contributed by atoms with Crippen molar-refractivity contribution in [3.8, 4) is 62.1 Å². The molecule has 6 heteroatoms. The quantitative estimate of drug-likeness (QED) is 0.167. The summed E-state index contributed by atoms with van der Waals surface area (Å²) in [7, 11) is 0. The molecule has 0 bridgehead atoms. The Morgan fingerprint density at radius 3 is 1.67 bits per heavy atom. The third-order valence-corrected chi connectivity index (χ3v) is 12.3. The molecule has 63 heavy (non-hydrogen) atoms. The molecule has 0 saturated heterocycles. The second kappa shape index (κ2) is 14.0. The number of hydrogen-bond acceptors (Lipinski definition) is 5. The van der Waals surface area contributed by atoms with Gasteiger partial charge in [-0.25, -0.2) is 15.0 Å². The topological polar surface area (TPSA) is 69.9 Å². The summed E-state index contributed by atoms with van der Waals surface area (Å²) in [5, 5.41) is 6.28. The van der Waals surface area contributed by atoms with Crippen LogP contribution in [0.1, 0.15) is 0 Å². The Hall–Kier alpha value is -8.61. The first-order valence-electron chi connectivity index (χ1n) is 21.1. The van der Waals surface area contributed by atoms with Crippen molar-refractivity contribution in [3.05, 3.63) is 206 Å². The fourth-order valence-electron chi connectivity index (χ4n) is 9.33. The molecule has 0 radical (unpaired) electrons. The molecule has 0 saturated carbocycles.